The molecule has 5 heteroatoms. The predicted molar refractivity (Wildman–Crippen MR) is 65.7 cm³/mol. The van der Waals surface area contributed by atoms with Crippen molar-refractivity contribution < 1.29 is 4.52 Å². The number of nitrogens with zero attached hydrogens (tertiary/aromatic N) is 2. The number of hydrogen-bond acceptors (Lipinski definition) is 4. The molecular formula is C12H12ClN3O. The lowest BCUT2D eigenvalue weighted by Crippen LogP contribution is -2.10. The Morgan fingerprint density at radius 1 is 1.35 bits per heavy atom. The fourth-order valence-electron chi connectivity index (χ4n) is 1.88. The van der Waals surface area contributed by atoms with Crippen molar-refractivity contribution in [2.75, 3.05) is 5.73 Å². The normalized spacial score (nSPS) is 15.8. The number of nitrogens with two attached hydrogens (primary N) is 1. The molecule has 1 saturated carbocycles. The molecule has 0 amide bonds. The van der Waals surface area contributed by atoms with Crippen LogP contribution in [0.25, 0.3) is 11.5 Å². The van der Waals surface area contributed by atoms with Crippen LogP contribution in [-0.4, -0.2) is 10.1 Å². The van der Waals surface area contributed by atoms with Crippen molar-refractivity contribution in [1.29, 1.82) is 0 Å². The zero-order valence-electron chi connectivity index (χ0n) is 9.19. The van der Waals surface area contributed by atoms with Gasteiger partial charge in [0.15, 0.2) is 5.82 Å². The molecule has 1 aromatic heterocycles. The predicted octanol–water partition coefficient (Wildman–Crippen LogP) is 3.24. The highest BCUT2D eigenvalue weighted by Crippen LogP contribution is 2.36. The van der Waals surface area contributed by atoms with Gasteiger partial charge in [-0.1, -0.05) is 23.2 Å². The first-order valence-corrected chi connectivity index (χ1v) is 6.01. The van der Waals surface area contributed by atoms with Gasteiger partial charge in [0, 0.05) is 11.6 Å². The van der Waals surface area contributed by atoms with Crippen LogP contribution in [0.15, 0.2) is 22.7 Å². The summed E-state index contributed by atoms with van der Waals surface area (Å²) >= 11 is 6.08. The van der Waals surface area contributed by atoms with Crippen LogP contribution >= 0.6 is 11.6 Å². The molecule has 0 radical (unpaired) electrons. The lowest BCUT2D eigenvalue weighted by atomic mass is 9.85. The van der Waals surface area contributed by atoms with Gasteiger partial charge in [0.05, 0.1) is 10.6 Å². The van der Waals surface area contributed by atoms with E-state index in [1.54, 1.807) is 18.2 Å². The largest absolute Gasteiger partial charge is 0.399 e. The Balaban J connectivity index is 1.97. The highest BCUT2D eigenvalue weighted by atomic mass is 35.5. The van der Waals surface area contributed by atoms with Gasteiger partial charge in [-0.15, -0.1) is 0 Å². The minimum atomic E-state index is 0.448. The van der Waals surface area contributed by atoms with Gasteiger partial charge in [-0.25, -0.2) is 0 Å². The van der Waals surface area contributed by atoms with Gasteiger partial charge in [-0.2, -0.15) is 4.98 Å². The van der Waals surface area contributed by atoms with Crippen molar-refractivity contribution >= 4 is 17.3 Å². The Bertz CT molecular complexity index is 548. The molecule has 1 aliphatic carbocycles. The van der Waals surface area contributed by atoms with E-state index in [9.17, 15) is 0 Å². The lowest BCUT2D eigenvalue weighted by molar-refractivity contribution is 0.366. The van der Waals surface area contributed by atoms with E-state index in [1.165, 1.54) is 6.42 Å². The Morgan fingerprint density at radius 3 is 2.88 bits per heavy atom. The quantitative estimate of drug-likeness (QED) is 0.830. The summed E-state index contributed by atoms with van der Waals surface area (Å²) in [5.74, 6) is 1.68. The molecule has 3 rings (SSSR count). The van der Waals surface area contributed by atoms with Crippen molar-refractivity contribution in [3.05, 3.63) is 29.0 Å². The molecule has 88 valence electrons. The SMILES string of the molecule is Nc1ccc(Cl)c(-c2nc(C3CCC3)no2)c1. The fraction of sp³-hybridized carbons (Fsp3) is 0.333. The summed E-state index contributed by atoms with van der Waals surface area (Å²) in [6, 6.07) is 5.23. The van der Waals surface area contributed by atoms with Crippen molar-refractivity contribution in [3.63, 3.8) is 0 Å². The molecule has 4 nitrogen and oxygen atoms in total. The van der Waals surface area contributed by atoms with Crippen LogP contribution in [0.1, 0.15) is 31.0 Å². The molecule has 0 unspecified atom stereocenters. The van der Waals surface area contributed by atoms with E-state index in [2.05, 4.69) is 10.1 Å². The maximum atomic E-state index is 6.08. The van der Waals surface area contributed by atoms with Crippen LogP contribution in [0, 0.1) is 0 Å². The molecule has 0 spiro atoms. The molecule has 1 aliphatic rings. The topological polar surface area (TPSA) is 64.9 Å². The van der Waals surface area contributed by atoms with E-state index >= 15 is 0 Å². The van der Waals surface area contributed by atoms with Gasteiger partial charge >= 0.3 is 0 Å². The second-order valence-electron chi connectivity index (χ2n) is 4.32. The smallest absolute Gasteiger partial charge is 0.259 e. The number of nitrogen functional groups attached to an aromatic ring is 1. The lowest BCUT2D eigenvalue weighted by Gasteiger charge is -2.20. The van der Waals surface area contributed by atoms with Crippen molar-refractivity contribution in [2.45, 2.75) is 25.2 Å². The Hall–Kier alpha value is -1.55. The first-order chi connectivity index (χ1) is 8.24. The standard InChI is InChI=1S/C12H12ClN3O/c13-10-5-4-8(14)6-9(10)12-15-11(16-17-12)7-2-1-3-7/h4-7H,1-3,14H2. The van der Waals surface area contributed by atoms with Crippen LogP contribution in [0.5, 0.6) is 0 Å². The average Bonchev–Trinajstić information content (AvgIpc) is 2.68. The fourth-order valence-corrected chi connectivity index (χ4v) is 2.08. The Labute approximate surface area is 104 Å². The zero-order chi connectivity index (χ0) is 11.8. The molecule has 2 aromatic rings. The second-order valence-corrected chi connectivity index (χ2v) is 4.73. The summed E-state index contributed by atoms with van der Waals surface area (Å²) in [7, 11) is 0. The number of hydrogen-bond donors (Lipinski definition) is 1. The highest BCUT2D eigenvalue weighted by molar-refractivity contribution is 6.33. The van der Waals surface area contributed by atoms with E-state index in [0.29, 0.717) is 28.1 Å². The molecule has 17 heavy (non-hydrogen) atoms. The van der Waals surface area contributed by atoms with E-state index in [0.717, 1.165) is 18.7 Å². The summed E-state index contributed by atoms with van der Waals surface area (Å²) in [6.45, 7) is 0. The molecular weight excluding hydrogens is 238 g/mol. The van der Waals surface area contributed by atoms with Crippen molar-refractivity contribution in [1.82, 2.24) is 10.1 Å². The molecule has 0 bridgehead atoms. The molecule has 1 heterocycles. The van der Waals surface area contributed by atoms with Crippen LogP contribution in [0.3, 0.4) is 0 Å². The molecule has 0 aliphatic heterocycles. The number of benzene rings is 1. The van der Waals surface area contributed by atoms with Gasteiger partial charge in [0.2, 0.25) is 0 Å². The van der Waals surface area contributed by atoms with E-state index < -0.39 is 0 Å². The monoisotopic (exact) mass is 249 g/mol. The van der Waals surface area contributed by atoms with Crippen LogP contribution in [0.2, 0.25) is 5.02 Å². The minimum absolute atomic E-state index is 0.448. The number of aromatic nitrogens is 2. The van der Waals surface area contributed by atoms with Crippen LogP contribution in [0.4, 0.5) is 5.69 Å². The molecule has 0 atom stereocenters. The van der Waals surface area contributed by atoms with Gasteiger partial charge in [0.25, 0.3) is 5.89 Å². The maximum absolute atomic E-state index is 6.08. The van der Waals surface area contributed by atoms with E-state index in [4.69, 9.17) is 21.9 Å². The first kappa shape index (κ1) is 10.6. The van der Waals surface area contributed by atoms with Gasteiger partial charge in [-0.05, 0) is 31.0 Å². The number of anilines is 1. The highest BCUT2D eigenvalue weighted by Gasteiger charge is 2.25. The summed E-state index contributed by atoms with van der Waals surface area (Å²) in [5.41, 5.74) is 7.05. The van der Waals surface area contributed by atoms with Crippen molar-refractivity contribution in [2.24, 2.45) is 0 Å². The van der Waals surface area contributed by atoms with Crippen molar-refractivity contribution in [3.8, 4) is 11.5 Å². The average molecular weight is 250 g/mol. The summed E-state index contributed by atoms with van der Waals surface area (Å²) in [5, 5.41) is 4.57. The first-order valence-electron chi connectivity index (χ1n) is 5.63. The third kappa shape index (κ3) is 1.89. The van der Waals surface area contributed by atoms with Crippen LogP contribution < -0.4 is 5.73 Å². The van der Waals surface area contributed by atoms with Gasteiger partial charge in [0.1, 0.15) is 0 Å². The molecule has 2 N–H and O–H groups in total. The third-order valence-corrected chi connectivity index (χ3v) is 3.46. The van der Waals surface area contributed by atoms with E-state index in [1.807, 2.05) is 0 Å². The Morgan fingerprint density at radius 2 is 2.18 bits per heavy atom. The zero-order valence-corrected chi connectivity index (χ0v) is 9.94. The molecule has 0 saturated heterocycles. The summed E-state index contributed by atoms with van der Waals surface area (Å²) in [4.78, 5) is 4.39. The summed E-state index contributed by atoms with van der Waals surface area (Å²) in [6.07, 6.45) is 3.53. The Kier molecular flexibility index (Phi) is 2.52. The number of rotatable bonds is 2. The third-order valence-electron chi connectivity index (χ3n) is 3.13. The van der Waals surface area contributed by atoms with Gasteiger partial charge < -0.3 is 10.3 Å². The van der Waals surface area contributed by atoms with Crippen LogP contribution in [-0.2, 0) is 0 Å². The summed E-state index contributed by atoms with van der Waals surface area (Å²) < 4.78 is 5.24. The van der Waals surface area contributed by atoms with Gasteiger partial charge in [-0.3, -0.25) is 0 Å². The minimum Gasteiger partial charge on any atom is -0.399 e. The maximum Gasteiger partial charge on any atom is 0.259 e. The van der Waals surface area contributed by atoms with E-state index in [-0.39, 0.29) is 0 Å². The number of halogens is 1. The molecule has 1 fully saturated rings. The second kappa shape index (κ2) is 4.04. The molecule has 1 aromatic carbocycles.